The molecule has 1 rings (SSSR count). The zero-order chi connectivity index (χ0) is 8.27. The van der Waals surface area contributed by atoms with E-state index >= 15 is 0 Å². The Hall–Kier alpha value is -1.05. The lowest BCUT2D eigenvalue weighted by Gasteiger charge is -2.12. The van der Waals surface area contributed by atoms with Crippen molar-refractivity contribution in [3.63, 3.8) is 0 Å². The number of pyridine rings is 1. The van der Waals surface area contributed by atoms with Gasteiger partial charge in [-0.15, -0.1) is 0 Å². The zero-order valence-corrected chi connectivity index (χ0v) is 7.33. The highest BCUT2D eigenvalue weighted by Crippen LogP contribution is 2.10. The smallest absolute Gasteiger partial charge is 0.0421 e. The van der Waals surface area contributed by atoms with Crippen molar-refractivity contribution in [1.82, 2.24) is 4.98 Å². The maximum atomic E-state index is 4.21. The third-order valence-corrected chi connectivity index (χ3v) is 1.68. The van der Waals surface area contributed by atoms with Gasteiger partial charge in [0.2, 0.25) is 0 Å². The molecule has 0 spiro atoms. The molecule has 0 saturated heterocycles. The van der Waals surface area contributed by atoms with Crippen molar-refractivity contribution in [2.45, 2.75) is 13.3 Å². The predicted molar refractivity (Wildman–Crippen MR) is 47.9 cm³/mol. The Bertz CT molecular complexity index is 231. The van der Waals surface area contributed by atoms with Crippen molar-refractivity contribution in [1.29, 1.82) is 0 Å². The van der Waals surface area contributed by atoms with Gasteiger partial charge in [-0.2, -0.15) is 0 Å². The second-order valence-electron chi connectivity index (χ2n) is 2.75. The number of aryl methyl sites for hydroxylation is 1. The van der Waals surface area contributed by atoms with E-state index in [1.54, 1.807) is 0 Å². The van der Waals surface area contributed by atoms with Crippen molar-refractivity contribution in [2.24, 2.45) is 0 Å². The molecule has 1 aromatic rings. The Labute approximate surface area is 67.9 Å². The highest BCUT2D eigenvalue weighted by Gasteiger charge is 1.95. The normalized spacial score (nSPS) is 9.73. The molecule has 0 aromatic carbocycles. The van der Waals surface area contributed by atoms with Crippen molar-refractivity contribution in [3.05, 3.63) is 24.0 Å². The van der Waals surface area contributed by atoms with Gasteiger partial charge in [0.15, 0.2) is 0 Å². The maximum Gasteiger partial charge on any atom is 0.0421 e. The van der Waals surface area contributed by atoms with E-state index in [1.165, 1.54) is 5.69 Å². The van der Waals surface area contributed by atoms with Crippen LogP contribution >= 0.6 is 0 Å². The fraction of sp³-hybridized carbons (Fsp3) is 0.444. The quantitative estimate of drug-likeness (QED) is 0.638. The van der Waals surface area contributed by atoms with Gasteiger partial charge in [0.25, 0.3) is 0 Å². The van der Waals surface area contributed by atoms with E-state index in [-0.39, 0.29) is 0 Å². The van der Waals surface area contributed by atoms with Crippen LogP contribution in [0.5, 0.6) is 0 Å². The summed E-state index contributed by atoms with van der Waals surface area (Å²) in [5.74, 6) is 0. The Morgan fingerprint density at radius 3 is 2.73 bits per heavy atom. The van der Waals surface area contributed by atoms with E-state index in [0.29, 0.717) is 0 Å². The fourth-order valence-corrected chi connectivity index (χ4v) is 0.937. The lowest BCUT2D eigenvalue weighted by Crippen LogP contribution is -2.08. The molecule has 0 bridgehead atoms. The zero-order valence-electron chi connectivity index (χ0n) is 7.33. The largest absolute Gasteiger partial charge is 0.378 e. The highest BCUT2D eigenvalue weighted by atomic mass is 15.1. The number of hydrogen-bond acceptors (Lipinski definition) is 2. The lowest BCUT2D eigenvalue weighted by molar-refractivity contribution is 1.02. The molecule has 0 atom stereocenters. The predicted octanol–water partition coefficient (Wildman–Crippen LogP) is 1.71. The van der Waals surface area contributed by atoms with Crippen molar-refractivity contribution in [3.8, 4) is 0 Å². The highest BCUT2D eigenvalue weighted by molar-refractivity contribution is 5.44. The third kappa shape index (κ3) is 1.93. The average Bonchev–Trinajstić information content (AvgIpc) is 2.05. The van der Waals surface area contributed by atoms with Crippen LogP contribution in [0, 0.1) is 0 Å². The molecule has 0 aliphatic heterocycles. The molecule has 0 fully saturated rings. The molecule has 2 heteroatoms. The Morgan fingerprint density at radius 1 is 1.45 bits per heavy atom. The van der Waals surface area contributed by atoms with Gasteiger partial charge in [-0.1, -0.05) is 6.92 Å². The molecule has 0 aliphatic carbocycles. The molecule has 11 heavy (non-hydrogen) atoms. The Kier molecular flexibility index (Phi) is 2.47. The molecular weight excluding hydrogens is 136 g/mol. The first-order chi connectivity index (χ1) is 5.24. The first-order valence-electron chi connectivity index (χ1n) is 3.86. The first-order valence-corrected chi connectivity index (χ1v) is 3.86. The molecule has 0 aliphatic rings. The molecule has 2 nitrogen and oxygen atoms in total. The fourth-order valence-electron chi connectivity index (χ4n) is 0.937. The summed E-state index contributed by atoms with van der Waals surface area (Å²) < 4.78 is 0. The monoisotopic (exact) mass is 150 g/mol. The van der Waals surface area contributed by atoms with Gasteiger partial charge in [-0.05, 0) is 18.6 Å². The first kappa shape index (κ1) is 8.05. The van der Waals surface area contributed by atoms with E-state index in [9.17, 15) is 0 Å². The molecule has 60 valence electrons. The molecule has 0 N–H and O–H groups in total. The van der Waals surface area contributed by atoms with E-state index < -0.39 is 0 Å². The standard InChI is InChI=1S/C9H14N2/c1-4-8-7-9(11(2)3)5-6-10-8/h5-7H,4H2,1-3H3. The Balaban J connectivity index is 2.91. The number of nitrogens with zero attached hydrogens (tertiary/aromatic N) is 2. The topological polar surface area (TPSA) is 16.1 Å². The van der Waals surface area contributed by atoms with Crippen molar-refractivity contribution in [2.75, 3.05) is 19.0 Å². The van der Waals surface area contributed by atoms with Gasteiger partial charge in [0.05, 0.1) is 0 Å². The van der Waals surface area contributed by atoms with Crippen molar-refractivity contribution < 1.29 is 0 Å². The molecular formula is C9H14N2. The molecule has 0 saturated carbocycles. The number of anilines is 1. The van der Waals surface area contributed by atoms with Crippen LogP contribution in [-0.2, 0) is 6.42 Å². The summed E-state index contributed by atoms with van der Waals surface area (Å²) in [7, 11) is 4.07. The van der Waals surface area contributed by atoms with Crippen LogP contribution in [-0.4, -0.2) is 19.1 Å². The summed E-state index contributed by atoms with van der Waals surface area (Å²) >= 11 is 0. The van der Waals surface area contributed by atoms with E-state index in [2.05, 4.69) is 22.9 Å². The average molecular weight is 150 g/mol. The van der Waals surface area contributed by atoms with Crippen LogP contribution < -0.4 is 4.90 Å². The molecule has 1 aromatic heterocycles. The molecule has 0 unspecified atom stereocenters. The SMILES string of the molecule is CCc1cc(N(C)C)ccn1. The number of aromatic nitrogens is 1. The second-order valence-corrected chi connectivity index (χ2v) is 2.75. The Morgan fingerprint density at radius 2 is 2.18 bits per heavy atom. The van der Waals surface area contributed by atoms with Crippen LogP contribution in [0.15, 0.2) is 18.3 Å². The van der Waals surface area contributed by atoms with Gasteiger partial charge in [-0.25, -0.2) is 0 Å². The molecule has 0 amide bonds. The molecule has 1 heterocycles. The third-order valence-electron chi connectivity index (χ3n) is 1.68. The van der Waals surface area contributed by atoms with Crippen LogP contribution in [0.3, 0.4) is 0 Å². The minimum absolute atomic E-state index is 1.00. The van der Waals surface area contributed by atoms with Crippen LogP contribution in [0.2, 0.25) is 0 Å². The summed E-state index contributed by atoms with van der Waals surface area (Å²) in [6, 6.07) is 4.12. The van der Waals surface area contributed by atoms with Gasteiger partial charge < -0.3 is 4.90 Å². The van der Waals surface area contributed by atoms with E-state index in [4.69, 9.17) is 0 Å². The van der Waals surface area contributed by atoms with Crippen LogP contribution in [0.25, 0.3) is 0 Å². The number of hydrogen-bond donors (Lipinski definition) is 0. The summed E-state index contributed by atoms with van der Waals surface area (Å²) in [5.41, 5.74) is 2.37. The van der Waals surface area contributed by atoms with E-state index in [0.717, 1.165) is 12.1 Å². The van der Waals surface area contributed by atoms with Gasteiger partial charge in [0, 0.05) is 31.7 Å². The summed E-state index contributed by atoms with van der Waals surface area (Å²) in [5, 5.41) is 0. The van der Waals surface area contributed by atoms with Gasteiger partial charge in [-0.3, -0.25) is 4.98 Å². The van der Waals surface area contributed by atoms with Gasteiger partial charge in [0.1, 0.15) is 0 Å². The number of rotatable bonds is 2. The summed E-state index contributed by atoms with van der Waals surface area (Å²) in [6.45, 7) is 2.11. The van der Waals surface area contributed by atoms with Gasteiger partial charge >= 0.3 is 0 Å². The minimum Gasteiger partial charge on any atom is -0.378 e. The van der Waals surface area contributed by atoms with Crippen molar-refractivity contribution >= 4 is 5.69 Å². The summed E-state index contributed by atoms with van der Waals surface area (Å²) in [6.07, 6.45) is 2.86. The second kappa shape index (κ2) is 3.37. The molecule has 0 radical (unpaired) electrons. The van der Waals surface area contributed by atoms with E-state index in [1.807, 2.05) is 26.4 Å². The van der Waals surface area contributed by atoms with Crippen LogP contribution in [0.1, 0.15) is 12.6 Å². The lowest BCUT2D eigenvalue weighted by atomic mass is 10.2. The van der Waals surface area contributed by atoms with Crippen LogP contribution in [0.4, 0.5) is 5.69 Å². The summed E-state index contributed by atoms with van der Waals surface area (Å²) in [4.78, 5) is 6.30. The minimum atomic E-state index is 1.00. The maximum absolute atomic E-state index is 4.21.